The van der Waals surface area contributed by atoms with Crippen molar-refractivity contribution in [2.75, 3.05) is 11.1 Å². The van der Waals surface area contributed by atoms with Crippen LogP contribution in [0, 0.1) is 0 Å². The zero-order chi connectivity index (χ0) is 13.1. The highest BCUT2D eigenvalue weighted by Crippen LogP contribution is 2.27. The van der Waals surface area contributed by atoms with Crippen LogP contribution in [0.15, 0.2) is 45.5 Å². The fourth-order valence-electron chi connectivity index (χ4n) is 1.64. The molecule has 1 unspecified atom stereocenters. The van der Waals surface area contributed by atoms with Gasteiger partial charge in [-0.05, 0) is 62.5 Å². The third-order valence-electron chi connectivity index (χ3n) is 2.57. The molecule has 5 heteroatoms. The fourth-order valence-corrected chi connectivity index (χ4v) is 2.74. The summed E-state index contributed by atoms with van der Waals surface area (Å²) in [5.74, 6) is 0.813. The molecule has 0 spiro atoms. The molecule has 0 aliphatic rings. The third kappa shape index (κ3) is 3.23. The van der Waals surface area contributed by atoms with E-state index in [9.17, 15) is 0 Å². The van der Waals surface area contributed by atoms with Crippen molar-refractivity contribution in [1.82, 2.24) is 4.98 Å². The molecule has 0 bridgehead atoms. The van der Waals surface area contributed by atoms with Crippen LogP contribution in [-0.2, 0) is 0 Å². The Hall–Kier alpha value is -1.07. The van der Waals surface area contributed by atoms with E-state index in [-0.39, 0.29) is 6.04 Å². The number of halogens is 2. The summed E-state index contributed by atoms with van der Waals surface area (Å²) in [6.45, 7) is 2.07. The monoisotopic (exact) mass is 369 g/mol. The van der Waals surface area contributed by atoms with E-state index in [0.29, 0.717) is 0 Å². The van der Waals surface area contributed by atoms with Gasteiger partial charge in [0.05, 0.1) is 10.5 Å². The number of nitrogens with one attached hydrogen (secondary N) is 1. The Morgan fingerprint density at radius 1 is 1.28 bits per heavy atom. The molecule has 2 rings (SSSR count). The summed E-state index contributed by atoms with van der Waals surface area (Å²) in [6.07, 6.45) is 1.76. The van der Waals surface area contributed by atoms with Crippen LogP contribution in [0.25, 0.3) is 0 Å². The van der Waals surface area contributed by atoms with Gasteiger partial charge < -0.3 is 11.1 Å². The summed E-state index contributed by atoms with van der Waals surface area (Å²) in [7, 11) is 0. The Morgan fingerprint density at radius 3 is 2.72 bits per heavy atom. The molecule has 0 radical (unpaired) electrons. The maximum absolute atomic E-state index is 5.78. The minimum absolute atomic E-state index is 0.137. The molecule has 0 fully saturated rings. The molecule has 94 valence electrons. The van der Waals surface area contributed by atoms with E-state index < -0.39 is 0 Å². The van der Waals surface area contributed by atoms with Crippen LogP contribution in [-0.4, -0.2) is 4.98 Å². The highest BCUT2D eigenvalue weighted by molar-refractivity contribution is 9.11. The van der Waals surface area contributed by atoms with Crippen molar-refractivity contribution >= 4 is 43.4 Å². The van der Waals surface area contributed by atoms with Crippen LogP contribution in [0.1, 0.15) is 18.5 Å². The Morgan fingerprint density at radius 2 is 2.06 bits per heavy atom. The lowest BCUT2D eigenvalue weighted by atomic mass is 10.1. The van der Waals surface area contributed by atoms with E-state index in [0.717, 1.165) is 26.0 Å². The quantitative estimate of drug-likeness (QED) is 0.789. The minimum Gasteiger partial charge on any atom is -0.399 e. The minimum atomic E-state index is 0.137. The Bertz CT molecular complexity index is 558. The summed E-state index contributed by atoms with van der Waals surface area (Å²) >= 11 is 6.86. The average molecular weight is 371 g/mol. The maximum atomic E-state index is 5.78. The van der Waals surface area contributed by atoms with Gasteiger partial charge in [0.1, 0.15) is 5.82 Å². The smallest absolute Gasteiger partial charge is 0.140 e. The molecular formula is C13H13Br2N3. The number of nitrogens with zero attached hydrogens (tertiary/aromatic N) is 1. The molecule has 0 aliphatic heterocycles. The van der Waals surface area contributed by atoms with Crippen molar-refractivity contribution < 1.29 is 0 Å². The molecule has 2 aromatic rings. The number of hydrogen-bond acceptors (Lipinski definition) is 3. The third-order valence-corrected chi connectivity index (χ3v) is 3.61. The second-order valence-electron chi connectivity index (χ2n) is 4.02. The first-order valence-corrected chi connectivity index (χ1v) is 7.08. The molecule has 0 saturated carbocycles. The van der Waals surface area contributed by atoms with E-state index in [2.05, 4.69) is 49.1 Å². The van der Waals surface area contributed by atoms with Crippen molar-refractivity contribution in [2.24, 2.45) is 0 Å². The van der Waals surface area contributed by atoms with Gasteiger partial charge in [-0.25, -0.2) is 4.98 Å². The molecule has 3 nitrogen and oxygen atoms in total. The lowest BCUT2D eigenvalue weighted by Gasteiger charge is -2.16. The Balaban J connectivity index is 2.18. The standard InChI is InChI=1S/C13H13Br2N3/c1-8(9-3-2-4-11(16)5-9)18-13-12(15)6-10(14)7-17-13/h2-8H,16H2,1H3,(H,17,18). The van der Waals surface area contributed by atoms with Gasteiger partial charge in [-0.1, -0.05) is 12.1 Å². The number of nitrogen functional groups attached to an aromatic ring is 1. The predicted molar refractivity (Wildman–Crippen MR) is 82.5 cm³/mol. The second kappa shape index (κ2) is 5.71. The number of nitrogens with two attached hydrogens (primary N) is 1. The molecular weight excluding hydrogens is 358 g/mol. The second-order valence-corrected chi connectivity index (χ2v) is 5.79. The molecule has 0 amide bonds. The lowest BCUT2D eigenvalue weighted by molar-refractivity contribution is 0.873. The summed E-state index contributed by atoms with van der Waals surface area (Å²) in [4.78, 5) is 4.33. The number of hydrogen-bond donors (Lipinski definition) is 2. The summed E-state index contributed by atoms with van der Waals surface area (Å²) in [5, 5.41) is 3.35. The van der Waals surface area contributed by atoms with Crippen LogP contribution >= 0.6 is 31.9 Å². The van der Waals surface area contributed by atoms with Crippen molar-refractivity contribution in [3.8, 4) is 0 Å². The van der Waals surface area contributed by atoms with Crippen molar-refractivity contribution in [3.05, 3.63) is 51.0 Å². The van der Waals surface area contributed by atoms with Crippen molar-refractivity contribution in [1.29, 1.82) is 0 Å². The van der Waals surface area contributed by atoms with E-state index in [1.807, 2.05) is 30.3 Å². The number of pyridine rings is 1. The van der Waals surface area contributed by atoms with Gasteiger partial charge in [0.2, 0.25) is 0 Å². The fraction of sp³-hybridized carbons (Fsp3) is 0.154. The number of anilines is 2. The molecule has 3 N–H and O–H groups in total. The van der Waals surface area contributed by atoms with Gasteiger partial charge in [0.15, 0.2) is 0 Å². The highest BCUT2D eigenvalue weighted by Gasteiger charge is 2.09. The Labute approximate surface area is 123 Å². The predicted octanol–water partition coefficient (Wildman–Crippen LogP) is 4.36. The highest BCUT2D eigenvalue weighted by atomic mass is 79.9. The largest absolute Gasteiger partial charge is 0.399 e. The average Bonchev–Trinajstić information content (AvgIpc) is 2.32. The summed E-state index contributed by atoms with van der Waals surface area (Å²) < 4.78 is 1.86. The molecule has 0 saturated heterocycles. The zero-order valence-electron chi connectivity index (χ0n) is 9.82. The normalized spacial score (nSPS) is 12.2. The van der Waals surface area contributed by atoms with E-state index in [1.54, 1.807) is 6.20 Å². The zero-order valence-corrected chi connectivity index (χ0v) is 13.0. The van der Waals surface area contributed by atoms with Gasteiger partial charge in [-0.3, -0.25) is 0 Å². The maximum Gasteiger partial charge on any atom is 0.140 e. The van der Waals surface area contributed by atoms with Crippen LogP contribution in [0.5, 0.6) is 0 Å². The van der Waals surface area contributed by atoms with Gasteiger partial charge in [-0.2, -0.15) is 0 Å². The molecule has 1 aromatic heterocycles. The Kier molecular flexibility index (Phi) is 4.24. The molecule has 1 atom stereocenters. The van der Waals surface area contributed by atoms with E-state index >= 15 is 0 Å². The van der Waals surface area contributed by atoms with Crippen molar-refractivity contribution in [2.45, 2.75) is 13.0 Å². The van der Waals surface area contributed by atoms with Crippen LogP contribution < -0.4 is 11.1 Å². The molecule has 18 heavy (non-hydrogen) atoms. The lowest BCUT2D eigenvalue weighted by Crippen LogP contribution is -2.08. The molecule has 0 aliphatic carbocycles. The summed E-state index contributed by atoms with van der Waals surface area (Å²) in [5.41, 5.74) is 7.68. The first kappa shape index (κ1) is 13.4. The molecule has 1 aromatic carbocycles. The van der Waals surface area contributed by atoms with Gasteiger partial charge >= 0.3 is 0 Å². The number of aromatic nitrogens is 1. The van der Waals surface area contributed by atoms with E-state index in [1.165, 1.54) is 0 Å². The molecule has 1 heterocycles. The van der Waals surface area contributed by atoms with Crippen LogP contribution in [0.3, 0.4) is 0 Å². The topological polar surface area (TPSA) is 50.9 Å². The van der Waals surface area contributed by atoms with E-state index in [4.69, 9.17) is 5.73 Å². The van der Waals surface area contributed by atoms with Gasteiger partial charge in [-0.15, -0.1) is 0 Å². The van der Waals surface area contributed by atoms with Crippen molar-refractivity contribution in [3.63, 3.8) is 0 Å². The number of rotatable bonds is 3. The van der Waals surface area contributed by atoms with Crippen LogP contribution in [0.4, 0.5) is 11.5 Å². The summed E-state index contributed by atoms with van der Waals surface area (Å²) in [6, 6.07) is 9.93. The van der Waals surface area contributed by atoms with Gasteiger partial charge in [0.25, 0.3) is 0 Å². The van der Waals surface area contributed by atoms with Gasteiger partial charge in [0, 0.05) is 16.4 Å². The SMILES string of the molecule is CC(Nc1ncc(Br)cc1Br)c1cccc(N)c1. The number of benzene rings is 1. The first-order chi connectivity index (χ1) is 8.56. The van der Waals surface area contributed by atoms with Crippen LogP contribution in [0.2, 0.25) is 0 Å². The first-order valence-electron chi connectivity index (χ1n) is 5.49.